The van der Waals surface area contributed by atoms with E-state index in [0.29, 0.717) is 24.5 Å². The third-order valence-corrected chi connectivity index (χ3v) is 7.77. The van der Waals surface area contributed by atoms with E-state index in [-0.39, 0.29) is 40.8 Å². The number of aliphatic imine (C=N–C) groups is 1. The molecule has 29 heavy (non-hydrogen) atoms. The standard InChI is InChI=1S/C19H26N4O5S/c1-8-14-13(9(2)24)18(26)23(14)15(19(27)28)16(8)29-11-6-12(21-7-11)17-20-4-5-22(17)10(3)25/h8-9,11-14,21,24H,4-7H2,1-3H3,(H,27,28)/t8-,9-,11+,12+,13+,14-/m1/s1. The summed E-state index contributed by atoms with van der Waals surface area (Å²) >= 11 is 1.50. The molecule has 0 saturated carbocycles. The van der Waals surface area contributed by atoms with Crippen LogP contribution in [0.5, 0.6) is 0 Å². The summed E-state index contributed by atoms with van der Waals surface area (Å²) in [5.74, 6) is -1.37. The van der Waals surface area contributed by atoms with Crippen molar-refractivity contribution in [3.63, 3.8) is 0 Å². The van der Waals surface area contributed by atoms with Gasteiger partial charge in [0.1, 0.15) is 11.5 Å². The Balaban J connectivity index is 1.50. The Morgan fingerprint density at radius 3 is 2.72 bits per heavy atom. The summed E-state index contributed by atoms with van der Waals surface area (Å²) in [6.45, 7) is 6.91. The fourth-order valence-electron chi connectivity index (χ4n) is 4.93. The van der Waals surface area contributed by atoms with Gasteiger partial charge in [-0.15, -0.1) is 11.8 Å². The van der Waals surface area contributed by atoms with Gasteiger partial charge in [0.25, 0.3) is 0 Å². The highest BCUT2D eigenvalue weighted by Crippen LogP contribution is 2.51. The number of hydrogen-bond donors (Lipinski definition) is 3. The number of carbonyl (C=O) groups is 3. The molecule has 10 heteroatoms. The molecule has 0 aromatic carbocycles. The lowest BCUT2D eigenvalue weighted by atomic mass is 9.79. The first-order valence-electron chi connectivity index (χ1n) is 9.93. The summed E-state index contributed by atoms with van der Waals surface area (Å²) in [5.41, 5.74) is 0.0569. The molecule has 4 aliphatic rings. The molecule has 2 amide bonds. The van der Waals surface area contributed by atoms with Crippen molar-refractivity contribution < 1.29 is 24.6 Å². The second-order valence-electron chi connectivity index (χ2n) is 8.12. The van der Waals surface area contributed by atoms with Crippen molar-refractivity contribution in [1.82, 2.24) is 15.1 Å². The van der Waals surface area contributed by atoms with Gasteiger partial charge in [0, 0.05) is 36.1 Å². The van der Waals surface area contributed by atoms with Crippen LogP contribution in [0.25, 0.3) is 0 Å². The number of amidine groups is 1. The zero-order valence-electron chi connectivity index (χ0n) is 16.7. The first-order chi connectivity index (χ1) is 13.7. The van der Waals surface area contributed by atoms with Crippen molar-refractivity contribution in [2.45, 2.75) is 50.6 Å². The van der Waals surface area contributed by atoms with Crippen LogP contribution in [-0.2, 0) is 14.4 Å². The fourth-order valence-corrected chi connectivity index (χ4v) is 6.41. The molecule has 158 valence electrons. The van der Waals surface area contributed by atoms with Crippen molar-refractivity contribution in [1.29, 1.82) is 0 Å². The van der Waals surface area contributed by atoms with Crippen molar-refractivity contribution in [3.8, 4) is 0 Å². The molecule has 0 radical (unpaired) electrons. The van der Waals surface area contributed by atoms with Gasteiger partial charge in [-0.05, 0) is 13.3 Å². The maximum atomic E-state index is 12.4. The number of fused-ring (bicyclic) bond motifs is 1. The Kier molecular flexibility index (Phi) is 5.20. The van der Waals surface area contributed by atoms with Crippen LogP contribution in [0.1, 0.15) is 27.2 Å². The molecule has 0 unspecified atom stereocenters. The number of nitrogens with zero attached hydrogens (tertiary/aromatic N) is 3. The minimum Gasteiger partial charge on any atom is -0.477 e. The number of carboxylic acid groups (broad SMARTS) is 1. The molecule has 0 aromatic rings. The SMILES string of the molecule is CC(=O)N1CCN=C1[C@@H]1C[C@H](SC2=C(C(=O)O)N3C(=O)[C@@H]([C@@H](C)O)[C@H]3[C@H]2C)CN1. The molecule has 3 N–H and O–H groups in total. The van der Waals surface area contributed by atoms with Gasteiger partial charge in [-0.25, -0.2) is 4.79 Å². The predicted octanol–water partition coefficient (Wildman–Crippen LogP) is -0.136. The molecule has 0 aliphatic carbocycles. The maximum absolute atomic E-state index is 12.4. The Bertz CT molecular complexity index is 825. The molecule has 4 rings (SSSR count). The quantitative estimate of drug-likeness (QED) is 0.527. The summed E-state index contributed by atoms with van der Waals surface area (Å²) in [5, 5.41) is 23.2. The Labute approximate surface area is 173 Å². The van der Waals surface area contributed by atoms with Gasteiger partial charge in [0.15, 0.2) is 0 Å². The third kappa shape index (κ3) is 3.17. The third-order valence-electron chi connectivity index (χ3n) is 6.26. The maximum Gasteiger partial charge on any atom is 0.353 e. The van der Waals surface area contributed by atoms with E-state index < -0.39 is 18.0 Å². The Morgan fingerprint density at radius 1 is 1.38 bits per heavy atom. The zero-order chi connectivity index (χ0) is 21.0. The van der Waals surface area contributed by atoms with Crippen LogP contribution in [0.3, 0.4) is 0 Å². The van der Waals surface area contributed by atoms with E-state index in [2.05, 4.69) is 10.3 Å². The van der Waals surface area contributed by atoms with E-state index in [0.717, 1.165) is 12.3 Å². The number of amides is 2. The van der Waals surface area contributed by atoms with Gasteiger partial charge in [-0.2, -0.15) is 0 Å². The molecular formula is C19H26N4O5S. The van der Waals surface area contributed by atoms with Crippen LogP contribution >= 0.6 is 11.8 Å². The van der Waals surface area contributed by atoms with E-state index in [1.807, 2.05) is 6.92 Å². The zero-order valence-corrected chi connectivity index (χ0v) is 17.5. The average molecular weight is 423 g/mol. The number of carboxylic acids is 1. The first-order valence-corrected chi connectivity index (χ1v) is 10.8. The monoisotopic (exact) mass is 422 g/mol. The van der Waals surface area contributed by atoms with Gasteiger partial charge in [0.05, 0.1) is 30.7 Å². The average Bonchev–Trinajstić information content (AvgIpc) is 3.33. The normalized spacial score (nSPS) is 35.0. The van der Waals surface area contributed by atoms with Crippen LogP contribution in [0.4, 0.5) is 0 Å². The van der Waals surface area contributed by atoms with Gasteiger partial charge >= 0.3 is 5.97 Å². The Hall–Kier alpha value is -1.91. The van der Waals surface area contributed by atoms with Crippen LogP contribution in [0.2, 0.25) is 0 Å². The number of thioether (sulfide) groups is 1. The highest BCUT2D eigenvalue weighted by Gasteiger charge is 2.60. The van der Waals surface area contributed by atoms with Crippen LogP contribution in [-0.4, -0.2) is 86.7 Å². The lowest BCUT2D eigenvalue weighted by Crippen LogP contribution is -2.63. The first kappa shape index (κ1) is 20.4. The number of aliphatic hydroxyl groups excluding tert-OH is 1. The highest BCUT2D eigenvalue weighted by molar-refractivity contribution is 8.03. The summed E-state index contributed by atoms with van der Waals surface area (Å²) in [6, 6.07) is -0.331. The fraction of sp³-hybridized carbons (Fsp3) is 0.684. The number of hydrogen-bond acceptors (Lipinski definition) is 7. The lowest BCUT2D eigenvalue weighted by molar-refractivity contribution is -0.163. The highest BCUT2D eigenvalue weighted by atomic mass is 32.2. The van der Waals surface area contributed by atoms with Gasteiger partial charge in [-0.3, -0.25) is 19.5 Å². The van der Waals surface area contributed by atoms with Crippen molar-refractivity contribution >= 4 is 35.4 Å². The molecule has 6 atom stereocenters. The van der Waals surface area contributed by atoms with Gasteiger partial charge < -0.3 is 20.4 Å². The molecule has 0 spiro atoms. The summed E-state index contributed by atoms with van der Waals surface area (Å²) < 4.78 is 0. The molecule has 2 saturated heterocycles. The van der Waals surface area contributed by atoms with E-state index in [1.54, 1.807) is 11.8 Å². The summed E-state index contributed by atoms with van der Waals surface area (Å²) in [7, 11) is 0. The topological polar surface area (TPSA) is 123 Å². The van der Waals surface area contributed by atoms with Gasteiger partial charge in [-0.1, -0.05) is 6.92 Å². The van der Waals surface area contributed by atoms with E-state index in [4.69, 9.17) is 0 Å². The molecule has 4 heterocycles. The lowest BCUT2D eigenvalue weighted by Gasteiger charge is -2.46. The molecule has 4 aliphatic heterocycles. The summed E-state index contributed by atoms with van der Waals surface area (Å²) in [6.07, 6.45) is -0.0736. The number of aliphatic hydroxyl groups is 1. The van der Waals surface area contributed by atoms with Gasteiger partial charge in [0.2, 0.25) is 11.8 Å². The molecule has 2 fully saturated rings. The second-order valence-corrected chi connectivity index (χ2v) is 9.46. The number of aliphatic carboxylic acids is 1. The smallest absolute Gasteiger partial charge is 0.353 e. The molecule has 9 nitrogen and oxygen atoms in total. The molecule has 0 bridgehead atoms. The predicted molar refractivity (Wildman–Crippen MR) is 107 cm³/mol. The van der Waals surface area contributed by atoms with Crippen molar-refractivity contribution in [2.75, 3.05) is 19.6 Å². The van der Waals surface area contributed by atoms with E-state index in [1.165, 1.54) is 23.6 Å². The van der Waals surface area contributed by atoms with Crippen LogP contribution in [0, 0.1) is 11.8 Å². The minimum atomic E-state index is -1.11. The van der Waals surface area contributed by atoms with Crippen molar-refractivity contribution in [2.24, 2.45) is 16.8 Å². The molecular weight excluding hydrogens is 396 g/mol. The number of β-lactam (4-membered cyclic amide) rings is 1. The minimum absolute atomic E-state index is 0.0218. The number of carbonyl (C=O) groups excluding carboxylic acids is 2. The summed E-state index contributed by atoms with van der Waals surface area (Å²) in [4.78, 5) is 44.4. The van der Waals surface area contributed by atoms with E-state index in [9.17, 15) is 24.6 Å². The number of rotatable bonds is 5. The van der Waals surface area contributed by atoms with Crippen molar-refractivity contribution in [3.05, 3.63) is 10.6 Å². The Morgan fingerprint density at radius 2 is 2.10 bits per heavy atom. The second kappa shape index (κ2) is 7.41. The van der Waals surface area contributed by atoms with E-state index >= 15 is 0 Å². The molecule has 0 aromatic heterocycles. The van der Waals surface area contributed by atoms with Crippen LogP contribution < -0.4 is 5.32 Å². The number of nitrogens with one attached hydrogen (secondary N) is 1. The largest absolute Gasteiger partial charge is 0.477 e. The van der Waals surface area contributed by atoms with Crippen LogP contribution in [0.15, 0.2) is 15.6 Å².